The molecule has 2 heterocycles. The van der Waals surface area contributed by atoms with Gasteiger partial charge in [0, 0.05) is 19.1 Å². The fraction of sp³-hybridized carbons (Fsp3) is 0.263. The van der Waals surface area contributed by atoms with Crippen LogP contribution >= 0.6 is 11.6 Å². The van der Waals surface area contributed by atoms with Crippen LogP contribution in [0.15, 0.2) is 38.8 Å². The number of aromatic nitrogens is 3. The van der Waals surface area contributed by atoms with Crippen molar-refractivity contribution in [3.05, 3.63) is 61.3 Å². The van der Waals surface area contributed by atoms with Gasteiger partial charge in [-0.2, -0.15) is 0 Å². The highest BCUT2D eigenvalue weighted by Gasteiger charge is 2.27. The molecule has 0 aliphatic rings. The number of anilines is 1. The van der Waals surface area contributed by atoms with Gasteiger partial charge in [0.15, 0.2) is 5.65 Å². The Balaban J connectivity index is 2.24. The number of sulfonamides is 1. The number of nitrogen functional groups attached to an aromatic ring is 1. The number of rotatable bonds is 5. The van der Waals surface area contributed by atoms with Gasteiger partial charge >= 0.3 is 5.69 Å². The number of hydrogen-bond acceptors (Lipinski definition) is 7. The number of carbonyl (C=O) groups excluding carboxylic acids is 1. The van der Waals surface area contributed by atoms with Crippen LogP contribution in [-0.4, -0.2) is 28.4 Å². The van der Waals surface area contributed by atoms with Crippen molar-refractivity contribution in [2.45, 2.75) is 24.7 Å². The van der Waals surface area contributed by atoms with E-state index in [4.69, 9.17) is 17.3 Å². The molecule has 0 fully saturated rings. The zero-order valence-corrected chi connectivity index (χ0v) is 18.5. The van der Waals surface area contributed by atoms with Gasteiger partial charge in [-0.3, -0.25) is 18.7 Å². The van der Waals surface area contributed by atoms with E-state index >= 15 is 0 Å². The standard InChI is InChI=1S/C19H20ClN5O5S/c1-4-5-12-13(17(26)23-31(29,30)11-8-6-10(20)7-9-11)15(21)22-16-14(12)18(27)25(3)19(28)24(16)2/h6-9H,4-5H2,1-3H3,(H2,21,22)(H,23,26). The number of halogens is 1. The molecule has 2 aromatic heterocycles. The molecule has 3 N–H and O–H groups in total. The molecule has 1 aromatic carbocycles. The summed E-state index contributed by atoms with van der Waals surface area (Å²) in [5.74, 6) is -1.32. The second-order valence-corrected chi connectivity index (χ2v) is 9.01. The van der Waals surface area contributed by atoms with Gasteiger partial charge in [-0.15, -0.1) is 0 Å². The first-order valence-corrected chi connectivity index (χ1v) is 11.1. The molecule has 0 bridgehead atoms. The van der Waals surface area contributed by atoms with E-state index in [2.05, 4.69) is 4.98 Å². The Hall–Kier alpha value is -3.18. The van der Waals surface area contributed by atoms with Crippen molar-refractivity contribution in [3.8, 4) is 0 Å². The van der Waals surface area contributed by atoms with Crippen molar-refractivity contribution < 1.29 is 13.2 Å². The minimum atomic E-state index is -4.24. The van der Waals surface area contributed by atoms with Gasteiger partial charge in [0.1, 0.15) is 5.82 Å². The number of pyridine rings is 1. The lowest BCUT2D eigenvalue weighted by Crippen LogP contribution is -2.39. The molecule has 3 rings (SSSR count). The van der Waals surface area contributed by atoms with Gasteiger partial charge in [0.2, 0.25) is 0 Å². The zero-order valence-electron chi connectivity index (χ0n) is 17.0. The van der Waals surface area contributed by atoms with Crippen LogP contribution in [0, 0.1) is 0 Å². The Kier molecular flexibility index (Phi) is 5.92. The van der Waals surface area contributed by atoms with Crippen LogP contribution in [-0.2, 0) is 30.5 Å². The number of nitrogens with two attached hydrogens (primary N) is 1. The molecule has 0 aliphatic heterocycles. The Morgan fingerprint density at radius 3 is 2.35 bits per heavy atom. The predicted octanol–water partition coefficient (Wildman–Crippen LogP) is 0.939. The number of benzene rings is 1. The molecule has 3 aromatic rings. The zero-order chi connectivity index (χ0) is 23.1. The summed E-state index contributed by atoms with van der Waals surface area (Å²) >= 11 is 5.78. The first-order valence-electron chi connectivity index (χ1n) is 9.20. The number of nitrogens with one attached hydrogen (secondary N) is 1. The summed E-state index contributed by atoms with van der Waals surface area (Å²) in [6.07, 6.45) is 0.759. The van der Waals surface area contributed by atoms with Crippen LogP contribution in [0.2, 0.25) is 5.02 Å². The maximum Gasteiger partial charge on any atom is 0.332 e. The molecule has 31 heavy (non-hydrogen) atoms. The summed E-state index contributed by atoms with van der Waals surface area (Å²) in [5.41, 5.74) is 4.77. The van der Waals surface area contributed by atoms with Gasteiger partial charge < -0.3 is 5.73 Å². The topological polar surface area (TPSA) is 146 Å². The van der Waals surface area contributed by atoms with Crippen LogP contribution in [0.25, 0.3) is 11.0 Å². The fourth-order valence-corrected chi connectivity index (χ4v) is 4.36. The number of aryl methyl sites for hydroxylation is 2. The Labute approximate surface area is 182 Å². The molecule has 0 aliphatic carbocycles. The Morgan fingerprint density at radius 1 is 1.16 bits per heavy atom. The molecule has 0 saturated carbocycles. The largest absolute Gasteiger partial charge is 0.383 e. The fourth-order valence-electron chi connectivity index (χ4n) is 3.28. The van der Waals surface area contributed by atoms with Gasteiger partial charge in [-0.05, 0) is 36.2 Å². The van der Waals surface area contributed by atoms with E-state index in [0.717, 1.165) is 9.13 Å². The molecular weight excluding hydrogens is 446 g/mol. The van der Waals surface area contributed by atoms with E-state index in [1.807, 2.05) is 11.6 Å². The first kappa shape index (κ1) is 22.5. The number of carbonyl (C=O) groups is 1. The van der Waals surface area contributed by atoms with E-state index in [9.17, 15) is 22.8 Å². The molecule has 12 heteroatoms. The van der Waals surface area contributed by atoms with Crippen LogP contribution in [0.5, 0.6) is 0 Å². The van der Waals surface area contributed by atoms with Gasteiger partial charge in [-0.1, -0.05) is 24.9 Å². The quantitative estimate of drug-likeness (QED) is 0.570. The SMILES string of the molecule is CCCc1c(C(=O)NS(=O)(=O)c2ccc(Cl)cc2)c(N)nc2c1c(=O)n(C)c(=O)n2C. The molecule has 1 amide bonds. The maximum atomic E-state index is 13.0. The van der Waals surface area contributed by atoms with E-state index in [1.165, 1.54) is 38.4 Å². The van der Waals surface area contributed by atoms with E-state index in [0.29, 0.717) is 11.4 Å². The van der Waals surface area contributed by atoms with Crippen LogP contribution < -0.4 is 21.7 Å². The van der Waals surface area contributed by atoms with Crippen LogP contribution in [0.4, 0.5) is 5.82 Å². The molecule has 0 spiro atoms. The third-order valence-corrected chi connectivity index (χ3v) is 6.40. The van der Waals surface area contributed by atoms with Crippen LogP contribution in [0.1, 0.15) is 29.3 Å². The summed E-state index contributed by atoms with van der Waals surface area (Å²) in [6, 6.07) is 5.25. The maximum absolute atomic E-state index is 13.0. The molecule has 164 valence electrons. The minimum Gasteiger partial charge on any atom is -0.383 e. The average molecular weight is 466 g/mol. The summed E-state index contributed by atoms with van der Waals surface area (Å²) in [5, 5.41) is 0.370. The lowest BCUT2D eigenvalue weighted by Gasteiger charge is -2.16. The number of fused-ring (bicyclic) bond motifs is 1. The summed E-state index contributed by atoms with van der Waals surface area (Å²) < 4.78 is 29.3. The summed E-state index contributed by atoms with van der Waals surface area (Å²) in [7, 11) is -1.51. The van der Waals surface area contributed by atoms with Gasteiger partial charge in [0.05, 0.1) is 15.8 Å². The highest BCUT2D eigenvalue weighted by molar-refractivity contribution is 7.90. The second-order valence-electron chi connectivity index (χ2n) is 6.89. The molecular formula is C19H20ClN5O5S. The monoisotopic (exact) mass is 465 g/mol. The molecule has 0 unspecified atom stereocenters. The average Bonchev–Trinajstić information content (AvgIpc) is 2.70. The van der Waals surface area contributed by atoms with Crippen molar-refractivity contribution in [2.75, 3.05) is 5.73 Å². The molecule has 0 saturated heterocycles. The van der Waals surface area contributed by atoms with Crippen molar-refractivity contribution in [1.29, 1.82) is 0 Å². The van der Waals surface area contributed by atoms with Crippen molar-refractivity contribution >= 4 is 44.4 Å². The Morgan fingerprint density at radius 2 is 1.77 bits per heavy atom. The number of amides is 1. The predicted molar refractivity (Wildman–Crippen MR) is 117 cm³/mol. The minimum absolute atomic E-state index is 0.0196. The molecule has 10 nitrogen and oxygen atoms in total. The number of nitrogens with zero attached hydrogens (tertiary/aromatic N) is 3. The highest BCUT2D eigenvalue weighted by Crippen LogP contribution is 2.24. The smallest absolute Gasteiger partial charge is 0.332 e. The van der Waals surface area contributed by atoms with Gasteiger partial charge in [-0.25, -0.2) is 22.9 Å². The highest BCUT2D eigenvalue weighted by atomic mass is 35.5. The van der Waals surface area contributed by atoms with E-state index < -0.39 is 27.2 Å². The summed E-state index contributed by atoms with van der Waals surface area (Å²) in [4.78, 5) is 42.0. The Bertz CT molecular complexity index is 1430. The third-order valence-electron chi connectivity index (χ3n) is 4.80. The molecule has 0 atom stereocenters. The van der Waals surface area contributed by atoms with E-state index in [-0.39, 0.29) is 39.3 Å². The normalized spacial score (nSPS) is 11.6. The van der Waals surface area contributed by atoms with Gasteiger partial charge in [0.25, 0.3) is 21.5 Å². The van der Waals surface area contributed by atoms with Crippen LogP contribution in [0.3, 0.4) is 0 Å². The second kappa shape index (κ2) is 8.16. The summed E-state index contributed by atoms with van der Waals surface area (Å²) in [6.45, 7) is 1.82. The van der Waals surface area contributed by atoms with E-state index in [1.54, 1.807) is 0 Å². The third kappa shape index (κ3) is 3.93. The van der Waals surface area contributed by atoms with Crippen molar-refractivity contribution in [1.82, 2.24) is 18.8 Å². The lowest BCUT2D eigenvalue weighted by molar-refractivity contribution is 0.0981. The van der Waals surface area contributed by atoms with Crippen molar-refractivity contribution in [2.24, 2.45) is 14.1 Å². The number of hydrogen-bond donors (Lipinski definition) is 2. The molecule has 0 radical (unpaired) electrons. The first-order chi connectivity index (χ1) is 14.5. The van der Waals surface area contributed by atoms with Crippen molar-refractivity contribution in [3.63, 3.8) is 0 Å². The lowest BCUT2D eigenvalue weighted by atomic mass is 10.00.